The van der Waals surface area contributed by atoms with Crippen LogP contribution in [0.5, 0.6) is 5.75 Å². The van der Waals surface area contributed by atoms with Crippen LogP contribution in [0.3, 0.4) is 0 Å². The van der Waals surface area contributed by atoms with E-state index < -0.39 is 17.3 Å². The largest absolute Gasteiger partial charge is 0.496 e. The highest BCUT2D eigenvalue weighted by Crippen LogP contribution is 2.20. The average Bonchev–Trinajstić information content (AvgIpc) is 2.46. The minimum atomic E-state index is -0.744. The molecule has 1 N–H and O–H groups in total. The van der Waals surface area contributed by atoms with Gasteiger partial charge in [-0.1, -0.05) is 18.2 Å². The standard InChI is InChI=1S/C15H21ClN2O3/c1-10(9-12-7-5-6-8-13(12)21-4)18(3)15(20)17-14(19)11(2)16/h5-8,10-11H,9H2,1-4H3,(H,17,19,20). The molecular formula is C15H21ClN2O3. The minimum Gasteiger partial charge on any atom is -0.496 e. The predicted molar refractivity (Wildman–Crippen MR) is 82.8 cm³/mol. The summed E-state index contributed by atoms with van der Waals surface area (Å²) in [5.74, 6) is 0.279. The third-order valence-corrected chi connectivity index (χ3v) is 3.48. The Balaban J connectivity index is 2.68. The number of hydrogen-bond acceptors (Lipinski definition) is 3. The Morgan fingerprint density at radius 3 is 2.52 bits per heavy atom. The van der Waals surface area contributed by atoms with Gasteiger partial charge in [0.2, 0.25) is 5.91 Å². The molecule has 116 valence electrons. The van der Waals surface area contributed by atoms with E-state index in [1.807, 2.05) is 31.2 Å². The summed E-state index contributed by atoms with van der Waals surface area (Å²) < 4.78 is 5.29. The molecule has 0 heterocycles. The molecule has 21 heavy (non-hydrogen) atoms. The minimum absolute atomic E-state index is 0.0975. The smallest absolute Gasteiger partial charge is 0.324 e. The summed E-state index contributed by atoms with van der Waals surface area (Å²) in [6.07, 6.45) is 0.624. The topological polar surface area (TPSA) is 58.6 Å². The van der Waals surface area contributed by atoms with E-state index in [1.165, 1.54) is 11.8 Å². The molecule has 2 atom stereocenters. The monoisotopic (exact) mass is 312 g/mol. The van der Waals surface area contributed by atoms with E-state index in [9.17, 15) is 9.59 Å². The van der Waals surface area contributed by atoms with Crippen LogP contribution in [0.4, 0.5) is 4.79 Å². The fourth-order valence-corrected chi connectivity index (χ4v) is 1.87. The van der Waals surface area contributed by atoms with Crippen LogP contribution in [0.15, 0.2) is 24.3 Å². The number of hydrogen-bond donors (Lipinski definition) is 1. The number of methoxy groups -OCH3 is 1. The summed E-state index contributed by atoms with van der Waals surface area (Å²) in [7, 11) is 3.25. The van der Waals surface area contributed by atoms with Gasteiger partial charge in [-0.2, -0.15) is 0 Å². The maximum Gasteiger partial charge on any atom is 0.324 e. The first kappa shape index (κ1) is 17.3. The van der Waals surface area contributed by atoms with Crippen molar-refractivity contribution >= 4 is 23.5 Å². The number of carbonyl (C=O) groups excluding carboxylic acids is 2. The Bertz CT molecular complexity index is 505. The highest BCUT2D eigenvalue weighted by Gasteiger charge is 2.20. The summed E-state index contributed by atoms with van der Waals surface area (Å²) >= 11 is 5.63. The van der Waals surface area contributed by atoms with Crippen LogP contribution in [-0.4, -0.2) is 42.4 Å². The molecule has 3 amide bonds. The van der Waals surface area contributed by atoms with Crippen molar-refractivity contribution in [2.45, 2.75) is 31.7 Å². The average molecular weight is 313 g/mol. The second-order valence-corrected chi connectivity index (χ2v) is 5.54. The first-order valence-corrected chi connectivity index (χ1v) is 7.14. The van der Waals surface area contributed by atoms with Crippen LogP contribution in [0, 0.1) is 0 Å². The highest BCUT2D eigenvalue weighted by molar-refractivity contribution is 6.31. The molecule has 0 saturated carbocycles. The fourth-order valence-electron chi connectivity index (χ4n) is 1.82. The number of carbonyl (C=O) groups is 2. The Hall–Kier alpha value is -1.75. The number of halogens is 1. The zero-order chi connectivity index (χ0) is 16.0. The lowest BCUT2D eigenvalue weighted by molar-refractivity contribution is -0.119. The van der Waals surface area contributed by atoms with Crippen LogP contribution in [0.1, 0.15) is 19.4 Å². The molecule has 0 fully saturated rings. The van der Waals surface area contributed by atoms with E-state index in [0.29, 0.717) is 6.42 Å². The molecule has 1 aromatic carbocycles. The number of alkyl halides is 1. The van der Waals surface area contributed by atoms with Gasteiger partial charge in [0.15, 0.2) is 0 Å². The van der Waals surface area contributed by atoms with Gasteiger partial charge in [-0.05, 0) is 31.9 Å². The van der Waals surface area contributed by atoms with Gasteiger partial charge in [0.05, 0.1) is 7.11 Å². The Morgan fingerprint density at radius 1 is 1.33 bits per heavy atom. The molecule has 0 saturated heterocycles. The summed E-state index contributed by atoms with van der Waals surface area (Å²) in [5, 5.41) is 1.52. The van der Waals surface area contributed by atoms with Gasteiger partial charge < -0.3 is 9.64 Å². The van der Waals surface area contributed by atoms with Crippen LogP contribution in [-0.2, 0) is 11.2 Å². The van der Waals surface area contributed by atoms with Crippen molar-refractivity contribution in [3.05, 3.63) is 29.8 Å². The van der Waals surface area contributed by atoms with Crippen molar-refractivity contribution in [2.75, 3.05) is 14.2 Å². The molecular weight excluding hydrogens is 292 g/mol. The first-order valence-electron chi connectivity index (χ1n) is 6.70. The number of para-hydroxylation sites is 1. The van der Waals surface area contributed by atoms with E-state index in [4.69, 9.17) is 16.3 Å². The summed E-state index contributed by atoms with van der Waals surface area (Å²) in [6, 6.07) is 7.08. The zero-order valence-corrected chi connectivity index (χ0v) is 13.5. The number of likely N-dealkylation sites (N-methyl/N-ethyl adjacent to an activating group) is 1. The Labute approximate surface area is 130 Å². The summed E-state index contributed by atoms with van der Waals surface area (Å²) in [6.45, 7) is 3.42. The number of benzene rings is 1. The quantitative estimate of drug-likeness (QED) is 0.849. The number of nitrogens with zero attached hydrogens (tertiary/aromatic N) is 1. The van der Waals surface area contributed by atoms with Crippen LogP contribution < -0.4 is 10.1 Å². The Morgan fingerprint density at radius 2 is 1.95 bits per heavy atom. The molecule has 0 aliphatic rings. The number of imide groups is 1. The second kappa shape index (κ2) is 7.88. The van der Waals surface area contributed by atoms with Crippen LogP contribution in [0.25, 0.3) is 0 Å². The van der Waals surface area contributed by atoms with Crippen LogP contribution in [0.2, 0.25) is 0 Å². The highest BCUT2D eigenvalue weighted by atomic mass is 35.5. The maximum atomic E-state index is 11.9. The third kappa shape index (κ3) is 4.93. The maximum absolute atomic E-state index is 11.9. The number of amides is 3. The molecule has 0 aromatic heterocycles. The van der Waals surface area contributed by atoms with Crippen molar-refractivity contribution in [3.8, 4) is 5.75 Å². The van der Waals surface area contributed by atoms with Gasteiger partial charge >= 0.3 is 6.03 Å². The number of rotatable bonds is 5. The Kier molecular flexibility index (Phi) is 6.49. The molecule has 1 rings (SSSR count). The van der Waals surface area contributed by atoms with Crippen molar-refractivity contribution in [1.82, 2.24) is 10.2 Å². The van der Waals surface area contributed by atoms with Gasteiger partial charge in [0.25, 0.3) is 0 Å². The lowest BCUT2D eigenvalue weighted by Crippen LogP contribution is -2.47. The van der Waals surface area contributed by atoms with Gasteiger partial charge in [0, 0.05) is 13.1 Å². The fraction of sp³-hybridized carbons (Fsp3) is 0.467. The number of ether oxygens (including phenoxy) is 1. The number of nitrogens with one attached hydrogen (secondary N) is 1. The van der Waals surface area contributed by atoms with E-state index in [0.717, 1.165) is 11.3 Å². The van der Waals surface area contributed by atoms with Crippen molar-refractivity contribution in [1.29, 1.82) is 0 Å². The van der Waals surface area contributed by atoms with Crippen LogP contribution >= 0.6 is 11.6 Å². The first-order chi connectivity index (χ1) is 9.86. The molecule has 0 aliphatic carbocycles. The van der Waals surface area contributed by atoms with Gasteiger partial charge in [-0.3, -0.25) is 10.1 Å². The van der Waals surface area contributed by atoms with Gasteiger partial charge in [-0.15, -0.1) is 11.6 Å². The summed E-state index contributed by atoms with van der Waals surface area (Å²) in [5.41, 5.74) is 1.00. The van der Waals surface area contributed by atoms with Crippen molar-refractivity contribution in [2.24, 2.45) is 0 Å². The molecule has 6 heteroatoms. The molecule has 5 nitrogen and oxygen atoms in total. The molecule has 1 aromatic rings. The van der Waals surface area contributed by atoms with E-state index in [2.05, 4.69) is 5.32 Å². The van der Waals surface area contributed by atoms with Crippen molar-refractivity contribution < 1.29 is 14.3 Å². The lowest BCUT2D eigenvalue weighted by atomic mass is 10.1. The van der Waals surface area contributed by atoms with Crippen molar-refractivity contribution in [3.63, 3.8) is 0 Å². The molecule has 0 spiro atoms. The van der Waals surface area contributed by atoms with E-state index in [1.54, 1.807) is 14.2 Å². The molecule has 0 bridgehead atoms. The SMILES string of the molecule is COc1ccccc1CC(C)N(C)C(=O)NC(=O)C(C)Cl. The van der Waals surface area contributed by atoms with E-state index >= 15 is 0 Å². The third-order valence-electron chi connectivity index (χ3n) is 3.28. The van der Waals surface area contributed by atoms with E-state index in [-0.39, 0.29) is 6.04 Å². The normalized spacial score (nSPS) is 13.2. The second-order valence-electron chi connectivity index (χ2n) is 4.89. The molecule has 0 aliphatic heterocycles. The lowest BCUT2D eigenvalue weighted by Gasteiger charge is -2.25. The molecule has 2 unspecified atom stereocenters. The summed E-state index contributed by atoms with van der Waals surface area (Å²) in [4.78, 5) is 24.9. The predicted octanol–water partition coefficient (Wildman–Crippen LogP) is 2.42. The zero-order valence-electron chi connectivity index (χ0n) is 12.7. The molecule has 0 radical (unpaired) electrons. The van der Waals surface area contributed by atoms with Gasteiger partial charge in [-0.25, -0.2) is 4.79 Å². The number of urea groups is 1. The van der Waals surface area contributed by atoms with Gasteiger partial charge in [0.1, 0.15) is 11.1 Å².